The molecular formula is C30H34Cl2N2O2S. The number of carbonyl (C=O) groups excluding carboxylic acids is 2. The third-order valence-corrected chi connectivity index (χ3v) is 7.78. The SMILES string of the molecule is CCCCNC(=O)[C@H](Cc1ccccc1)N(Cc1ccc(C)cc1)C(=O)CSCc1ccc(Cl)c(Cl)c1. The van der Waals surface area contributed by atoms with Crippen molar-refractivity contribution in [2.45, 2.75) is 51.4 Å². The molecular weight excluding hydrogens is 523 g/mol. The molecule has 0 unspecified atom stereocenters. The van der Waals surface area contributed by atoms with Gasteiger partial charge in [-0.25, -0.2) is 0 Å². The van der Waals surface area contributed by atoms with E-state index in [1.54, 1.807) is 11.0 Å². The van der Waals surface area contributed by atoms with E-state index in [0.717, 1.165) is 35.1 Å². The number of halogens is 2. The van der Waals surface area contributed by atoms with Crippen molar-refractivity contribution in [1.29, 1.82) is 0 Å². The van der Waals surface area contributed by atoms with Crippen LogP contribution < -0.4 is 5.32 Å². The number of thioether (sulfide) groups is 1. The zero-order valence-electron chi connectivity index (χ0n) is 21.4. The Balaban J connectivity index is 1.82. The molecule has 0 aliphatic carbocycles. The molecule has 0 bridgehead atoms. The van der Waals surface area contributed by atoms with Gasteiger partial charge in [0.2, 0.25) is 11.8 Å². The number of amides is 2. The van der Waals surface area contributed by atoms with E-state index in [1.807, 2.05) is 73.7 Å². The number of nitrogens with one attached hydrogen (secondary N) is 1. The minimum atomic E-state index is -0.612. The number of hydrogen-bond donors (Lipinski definition) is 1. The Morgan fingerprint density at radius 2 is 1.62 bits per heavy atom. The summed E-state index contributed by atoms with van der Waals surface area (Å²) in [5, 5.41) is 4.07. The Kier molecular flexibility index (Phi) is 11.8. The van der Waals surface area contributed by atoms with Gasteiger partial charge < -0.3 is 10.2 Å². The molecule has 0 aromatic heterocycles. The molecule has 37 heavy (non-hydrogen) atoms. The van der Waals surface area contributed by atoms with E-state index in [-0.39, 0.29) is 17.6 Å². The molecule has 3 rings (SSSR count). The lowest BCUT2D eigenvalue weighted by Gasteiger charge is -2.31. The first kappa shape index (κ1) is 29.1. The van der Waals surface area contributed by atoms with E-state index in [4.69, 9.17) is 23.2 Å². The van der Waals surface area contributed by atoms with Crippen LogP contribution in [-0.2, 0) is 28.3 Å². The molecule has 3 aromatic carbocycles. The van der Waals surface area contributed by atoms with Gasteiger partial charge in [0.25, 0.3) is 0 Å². The molecule has 1 N–H and O–H groups in total. The van der Waals surface area contributed by atoms with Crippen LogP contribution in [0.15, 0.2) is 72.8 Å². The molecule has 7 heteroatoms. The number of aryl methyl sites for hydroxylation is 1. The number of carbonyl (C=O) groups is 2. The lowest BCUT2D eigenvalue weighted by Crippen LogP contribution is -2.51. The number of rotatable bonds is 13. The summed E-state index contributed by atoms with van der Waals surface area (Å²) >= 11 is 13.7. The van der Waals surface area contributed by atoms with Gasteiger partial charge in [-0.3, -0.25) is 9.59 Å². The average molecular weight is 558 g/mol. The monoisotopic (exact) mass is 556 g/mol. The topological polar surface area (TPSA) is 49.4 Å². The van der Waals surface area contributed by atoms with Gasteiger partial charge in [0.1, 0.15) is 6.04 Å². The van der Waals surface area contributed by atoms with Crippen molar-refractivity contribution >= 4 is 46.8 Å². The van der Waals surface area contributed by atoms with E-state index < -0.39 is 6.04 Å². The predicted octanol–water partition coefficient (Wildman–Crippen LogP) is 7.09. The van der Waals surface area contributed by atoms with Gasteiger partial charge in [0.05, 0.1) is 15.8 Å². The van der Waals surface area contributed by atoms with Crippen LogP contribution in [0, 0.1) is 6.92 Å². The predicted molar refractivity (Wildman–Crippen MR) is 156 cm³/mol. The lowest BCUT2D eigenvalue weighted by atomic mass is 10.0. The number of nitrogens with zero attached hydrogens (tertiary/aromatic N) is 1. The summed E-state index contributed by atoms with van der Waals surface area (Å²) in [4.78, 5) is 28.8. The molecule has 0 heterocycles. The Hall–Kier alpha value is -2.47. The van der Waals surface area contributed by atoms with Gasteiger partial charge in [-0.2, -0.15) is 0 Å². The maximum atomic E-state index is 13.7. The summed E-state index contributed by atoms with van der Waals surface area (Å²) in [6.07, 6.45) is 2.34. The molecule has 1 atom stereocenters. The van der Waals surface area contributed by atoms with Crippen molar-refractivity contribution < 1.29 is 9.59 Å². The summed E-state index contributed by atoms with van der Waals surface area (Å²) in [6.45, 7) is 5.09. The highest BCUT2D eigenvalue weighted by atomic mass is 35.5. The van der Waals surface area contributed by atoms with Crippen molar-refractivity contribution in [3.63, 3.8) is 0 Å². The van der Waals surface area contributed by atoms with Crippen LogP contribution in [0.1, 0.15) is 42.0 Å². The first-order chi connectivity index (χ1) is 17.9. The first-order valence-electron chi connectivity index (χ1n) is 12.6. The van der Waals surface area contributed by atoms with Crippen LogP contribution in [0.4, 0.5) is 0 Å². The summed E-state index contributed by atoms with van der Waals surface area (Å²) in [5.74, 6) is 0.677. The van der Waals surface area contributed by atoms with Gasteiger partial charge in [-0.05, 0) is 42.2 Å². The Bertz CT molecular complexity index is 1160. The Labute approximate surface area is 234 Å². The molecule has 0 radical (unpaired) electrons. The van der Waals surface area contributed by atoms with Crippen molar-refractivity contribution in [2.24, 2.45) is 0 Å². The maximum Gasteiger partial charge on any atom is 0.243 e. The van der Waals surface area contributed by atoms with E-state index in [2.05, 4.69) is 12.2 Å². The normalized spacial score (nSPS) is 11.7. The second kappa shape index (κ2) is 15.1. The summed E-state index contributed by atoms with van der Waals surface area (Å²) in [5.41, 5.74) is 4.16. The lowest BCUT2D eigenvalue weighted by molar-refractivity contribution is -0.139. The van der Waals surface area contributed by atoms with Crippen LogP contribution in [0.25, 0.3) is 0 Å². The molecule has 196 valence electrons. The number of unbranched alkanes of at least 4 members (excludes halogenated alkanes) is 1. The van der Waals surface area contributed by atoms with E-state index in [9.17, 15) is 9.59 Å². The minimum absolute atomic E-state index is 0.0720. The maximum absolute atomic E-state index is 13.7. The average Bonchev–Trinajstić information content (AvgIpc) is 2.90. The van der Waals surface area contributed by atoms with Crippen molar-refractivity contribution in [1.82, 2.24) is 10.2 Å². The molecule has 0 saturated heterocycles. The number of benzene rings is 3. The molecule has 0 saturated carbocycles. The minimum Gasteiger partial charge on any atom is -0.354 e. The first-order valence-corrected chi connectivity index (χ1v) is 14.5. The van der Waals surface area contributed by atoms with Crippen molar-refractivity contribution in [3.8, 4) is 0 Å². The third kappa shape index (κ3) is 9.41. The highest BCUT2D eigenvalue weighted by Crippen LogP contribution is 2.25. The summed E-state index contributed by atoms with van der Waals surface area (Å²) in [7, 11) is 0. The molecule has 0 aliphatic heterocycles. The van der Waals surface area contributed by atoms with Crippen LogP contribution in [0.5, 0.6) is 0 Å². The van der Waals surface area contributed by atoms with E-state index in [0.29, 0.717) is 35.3 Å². The zero-order chi connectivity index (χ0) is 26.6. The fraction of sp³-hybridized carbons (Fsp3) is 0.333. The quantitative estimate of drug-likeness (QED) is 0.228. The van der Waals surface area contributed by atoms with Crippen molar-refractivity contribution in [2.75, 3.05) is 12.3 Å². The molecule has 0 spiro atoms. The van der Waals surface area contributed by atoms with Crippen LogP contribution >= 0.6 is 35.0 Å². The molecule has 0 aliphatic rings. The second-order valence-corrected chi connectivity index (χ2v) is 10.9. The van der Waals surface area contributed by atoms with Crippen LogP contribution in [-0.4, -0.2) is 35.1 Å². The smallest absolute Gasteiger partial charge is 0.243 e. The van der Waals surface area contributed by atoms with Crippen LogP contribution in [0.2, 0.25) is 10.0 Å². The molecule has 2 amide bonds. The van der Waals surface area contributed by atoms with E-state index in [1.165, 1.54) is 11.8 Å². The van der Waals surface area contributed by atoms with E-state index >= 15 is 0 Å². The fourth-order valence-electron chi connectivity index (χ4n) is 3.92. The number of hydrogen-bond acceptors (Lipinski definition) is 3. The molecule has 0 fully saturated rings. The largest absolute Gasteiger partial charge is 0.354 e. The zero-order valence-corrected chi connectivity index (χ0v) is 23.7. The Morgan fingerprint density at radius 3 is 2.30 bits per heavy atom. The summed E-state index contributed by atoms with van der Waals surface area (Å²) in [6, 6.07) is 22.9. The second-order valence-electron chi connectivity index (χ2n) is 9.10. The van der Waals surface area contributed by atoms with Crippen molar-refractivity contribution in [3.05, 3.63) is 105 Å². The van der Waals surface area contributed by atoms with Gasteiger partial charge in [-0.15, -0.1) is 11.8 Å². The highest BCUT2D eigenvalue weighted by molar-refractivity contribution is 7.99. The summed E-state index contributed by atoms with van der Waals surface area (Å²) < 4.78 is 0. The standard InChI is InChI=1S/C30H34Cl2N2O2S/c1-3-4-16-33-30(36)28(18-23-8-6-5-7-9-23)34(19-24-12-10-22(2)11-13-24)29(35)21-37-20-25-14-15-26(31)27(32)17-25/h5-15,17,28H,3-4,16,18-21H2,1-2H3,(H,33,36)/t28-/m0/s1. The molecule has 3 aromatic rings. The van der Waals surface area contributed by atoms with Crippen LogP contribution in [0.3, 0.4) is 0 Å². The third-order valence-electron chi connectivity index (χ3n) is 6.05. The van der Waals surface area contributed by atoms with Gasteiger partial charge >= 0.3 is 0 Å². The van der Waals surface area contributed by atoms with Gasteiger partial charge in [0, 0.05) is 25.3 Å². The fourth-order valence-corrected chi connectivity index (χ4v) is 5.10. The molecule has 4 nitrogen and oxygen atoms in total. The van der Waals surface area contributed by atoms with Gasteiger partial charge in [0.15, 0.2) is 0 Å². The Morgan fingerprint density at radius 1 is 0.919 bits per heavy atom. The highest BCUT2D eigenvalue weighted by Gasteiger charge is 2.30. The van der Waals surface area contributed by atoms with Gasteiger partial charge in [-0.1, -0.05) is 103 Å².